The van der Waals surface area contributed by atoms with Crippen LogP contribution in [-0.4, -0.2) is 92.4 Å². The highest BCUT2D eigenvalue weighted by Gasteiger charge is 2.24. The minimum absolute atomic E-state index is 0.332. The first kappa shape index (κ1) is 28.5. The maximum Gasteiger partial charge on any atom is 0.414 e. The first-order valence-corrected chi connectivity index (χ1v) is 12.4. The average molecular weight is 513 g/mol. The highest BCUT2D eigenvalue weighted by Crippen LogP contribution is 2.29. The van der Waals surface area contributed by atoms with E-state index in [2.05, 4.69) is 9.80 Å². The number of piperazine rings is 1. The van der Waals surface area contributed by atoms with E-state index in [9.17, 15) is 18.1 Å². The topological polar surface area (TPSA) is 118 Å². The predicted octanol–water partition coefficient (Wildman–Crippen LogP) is 1.96. The van der Waals surface area contributed by atoms with Gasteiger partial charge in [0, 0.05) is 55.8 Å². The fraction of sp³-hybridized carbons (Fsp3) is 0.417. The molecule has 11 heteroatoms. The predicted molar refractivity (Wildman–Crippen MR) is 127 cm³/mol. The van der Waals surface area contributed by atoms with Gasteiger partial charge in [0.25, 0.3) is 0 Å². The van der Waals surface area contributed by atoms with Crippen molar-refractivity contribution in [3.63, 3.8) is 0 Å². The van der Waals surface area contributed by atoms with Crippen molar-refractivity contribution >= 4 is 22.7 Å². The minimum Gasteiger partial charge on any atom is -0.473 e. The molecular formula is C24H30F2N2O6S. The monoisotopic (exact) mass is 512 g/mol. The Balaban J connectivity index is 0.000000641. The molecule has 1 fully saturated rings. The molecule has 35 heavy (non-hydrogen) atoms. The summed E-state index contributed by atoms with van der Waals surface area (Å²) in [4.78, 5) is 22.7. The standard InChI is InChI=1S/C22H28F2N2O2S.C2H2O4/c1-17(27)16-26-12-10-25(11-13-26)14-15-29(28)22(18-2-6-20(23)7-3-18)19-4-8-21(24)9-5-19;3-1(4)2(5)6/h2-9,17,22,27H,10-16H2,1H3;(H,3,4)(H,5,6). The minimum atomic E-state index is -1.82. The molecular weight excluding hydrogens is 482 g/mol. The van der Waals surface area contributed by atoms with Crippen molar-refractivity contribution in [3.8, 4) is 0 Å². The number of β-amino-alcohol motifs (C(OH)–C–C–N with tert-alkyl or cyclic N) is 1. The Morgan fingerprint density at radius 1 is 0.857 bits per heavy atom. The molecule has 0 bridgehead atoms. The Morgan fingerprint density at radius 2 is 1.26 bits per heavy atom. The van der Waals surface area contributed by atoms with Crippen molar-refractivity contribution in [2.45, 2.75) is 18.3 Å². The third kappa shape index (κ3) is 9.81. The van der Waals surface area contributed by atoms with E-state index in [1.807, 2.05) is 0 Å². The van der Waals surface area contributed by atoms with E-state index < -0.39 is 28.0 Å². The number of carbonyl (C=O) groups is 2. The zero-order chi connectivity index (χ0) is 26.0. The molecule has 0 radical (unpaired) electrons. The van der Waals surface area contributed by atoms with Crippen molar-refractivity contribution in [1.29, 1.82) is 0 Å². The first-order chi connectivity index (χ1) is 16.6. The van der Waals surface area contributed by atoms with Crippen molar-refractivity contribution < 1.29 is 37.9 Å². The normalized spacial score (nSPS) is 16.3. The molecule has 0 spiro atoms. The van der Waals surface area contributed by atoms with E-state index in [1.165, 1.54) is 24.3 Å². The summed E-state index contributed by atoms with van der Waals surface area (Å²) in [6.45, 7) is 6.70. The molecule has 1 heterocycles. The zero-order valence-corrected chi connectivity index (χ0v) is 20.2. The van der Waals surface area contributed by atoms with Crippen LogP contribution < -0.4 is 0 Å². The van der Waals surface area contributed by atoms with Crippen LogP contribution in [0.5, 0.6) is 0 Å². The molecule has 2 aromatic rings. The number of hydrogen-bond acceptors (Lipinski definition) is 6. The van der Waals surface area contributed by atoms with Gasteiger partial charge in [-0.1, -0.05) is 24.3 Å². The number of aliphatic hydroxyl groups excluding tert-OH is 1. The smallest absolute Gasteiger partial charge is 0.414 e. The number of aliphatic hydroxyl groups is 1. The number of halogens is 2. The molecule has 8 nitrogen and oxygen atoms in total. The Morgan fingerprint density at radius 3 is 1.63 bits per heavy atom. The Hall–Kier alpha value is -2.73. The molecule has 1 aliphatic heterocycles. The number of nitrogens with zero attached hydrogens (tertiary/aromatic N) is 2. The van der Waals surface area contributed by atoms with Gasteiger partial charge in [0.15, 0.2) is 0 Å². The van der Waals surface area contributed by atoms with Crippen molar-refractivity contribution in [1.82, 2.24) is 9.80 Å². The van der Waals surface area contributed by atoms with Crippen molar-refractivity contribution in [3.05, 3.63) is 71.3 Å². The lowest BCUT2D eigenvalue weighted by molar-refractivity contribution is -0.159. The summed E-state index contributed by atoms with van der Waals surface area (Å²) in [5, 5.41) is 23.9. The maximum absolute atomic E-state index is 13.4. The Bertz CT molecular complexity index is 923. The highest BCUT2D eigenvalue weighted by atomic mass is 32.2. The summed E-state index contributed by atoms with van der Waals surface area (Å²) < 4.78 is 39.9. The number of hydrogen-bond donors (Lipinski definition) is 3. The number of carboxylic acid groups (broad SMARTS) is 2. The lowest BCUT2D eigenvalue weighted by Gasteiger charge is -2.35. The number of carboxylic acids is 2. The Labute approximate surface area is 205 Å². The zero-order valence-electron chi connectivity index (χ0n) is 19.3. The first-order valence-electron chi connectivity index (χ1n) is 11.0. The second-order valence-electron chi connectivity index (χ2n) is 8.17. The highest BCUT2D eigenvalue weighted by molar-refractivity contribution is 7.85. The molecule has 2 aromatic carbocycles. The van der Waals surface area contributed by atoms with Crippen LogP contribution in [0.1, 0.15) is 23.3 Å². The second-order valence-corrected chi connectivity index (χ2v) is 9.81. The van der Waals surface area contributed by atoms with E-state index in [4.69, 9.17) is 19.8 Å². The third-order valence-corrected chi connectivity index (χ3v) is 7.04. The molecule has 3 rings (SSSR count). The molecule has 1 aliphatic rings. The molecule has 0 aliphatic carbocycles. The number of aliphatic carboxylic acids is 2. The van der Waals surface area contributed by atoms with Crippen LogP contribution in [0.2, 0.25) is 0 Å². The van der Waals surface area contributed by atoms with Gasteiger partial charge in [-0.05, 0) is 42.3 Å². The molecule has 3 N–H and O–H groups in total. The van der Waals surface area contributed by atoms with Crippen LogP contribution in [0.3, 0.4) is 0 Å². The van der Waals surface area contributed by atoms with Crippen LogP contribution in [-0.2, 0) is 20.4 Å². The summed E-state index contributed by atoms with van der Waals surface area (Å²) in [5.74, 6) is -3.85. The van der Waals surface area contributed by atoms with E-state index in [1.54, 1.807) is 31.2 Å². The van der Waals surface area contributed by atoms with Gasteiger partial charge in [-0.15, -0.1) is 0 Å². The van der Waals surface area contributed by atoms with Crippen LogP contribution in [0.4, 0.5) is 8.78 Å². The van der Waals surface area contributed by atoms with Gasteiger partial charge >= 0.3 is 11.9 Å². The van der Waals surface area contributed by atoms with Crippen molar-refractivity contribution in [2.24, 2.45) is 0 Å². The second kappa shape index (κ2) is 14.0. The van der Waals surface area contributed by atoms with Gasteiger partial charge in [0.05, 0.1) is 11.4 Å². The van der Waals surface area contributed by atoms with Gasteiger partial charge in [0.2, 0.25) is 0 Å². The quantitative estimate of drug-likeness (QED) is 0.460. The van der Waals surface area contributed by atoms with Crippen LogP contribution in [0.15, 0.2) is 48.5 Å². The largest absolute Gasteiger partial charge is 0.473 e. The molecule has 192 valence electrons. The molecule has 0 aromatic heterocycles. The molecule has 2 atom stereocenters. The summed E-state index contributed by atoms with van der Waals surface area (Å²) in [7, 11) is -1.23. The summed E-state index contributed by atoms with van der Waals surface area (Å²) in [6, 6.07) is 12.1. The fourth-order valence-corrected chi connectivity index (χ4v) is 5.27. The van der Waals surface area contributed by atoms with Crippen molar-refractivity contribution in [2.75, 3.05) is 45.0 Å². The molecule has 0 amide bonds. The SMILES string of the molecule is CC(O)CN1CCN(CCS(=O)C(c2ccc(F)cc2)c2ccc(F)cc2)CC1.O=C(O)C(=O)O. The fourth-order valence-electron chi connectivity index (χ4n) is 3.68. The summed E-state index contributed by atoms with van der Waals surface area (Å²) in [6.07, 6.45) is -0.332. The average Bonchev–Trinajstić information content (AvgIpc) is 2.81. The van der Waals surface area contributed by atoms with Gasteiger partial charge in [-0.2, -0.15) is 0 Å². The van der Waals surface area contributed by atoms with E-state index in [-0.39, 0.29) is 17.7 Å². The summed E-state index contributed by atoms with van der Waals surface area (Å²) >= 11 is 0. The van der Waals surface area contributed by atoms with E-state index in [0.717, 1.165) is 37.3 Å². The molecule has 2 unspecified atom stereocenters. The molecule has 0 saturated carbocycles. The molecule has 1 saturated heterocycles. The maximum atomic E-state index is 13.4. The van der Waals surface area contributed by atoms with Gasteiger partial charge in [-0.25, -0.2) is 18.4 Å². The lowest BCUT2D eigenvalue weighted by Crippen LogP contribution is -2.49. The van der Waals surface area contributed by atoms with Crippen LogP contribution >= 0.6 is 0 Å². The van der Waals surface area contributed by atoms with Crippen LogP contribution in [0, 0.1) is 11.6 Å². The summed E-state index contributed by atoms with van der Waals surface area (Å²) in [5.41, 5.74) is 1.52. The number of rotatable bonds is 8. The van der Waals surface area contributed by atoms with Crippen LogP contribution in [0.25, 0.3) is 0 Å². The van der Waals surface area contributed by atoms with Gasteiger partial charge in [0.1, 0.15) is 11.6 Å². The lowest BCUT2D eigenvalue weighted by atomic mass is 10.0. The number of benzene rings is 2. The Kier molecular flexibility index (Phi) is 11.4. The van der Waals surface area contributed by atoms with E-state index >= 15 is 0 Å². The van der Waals surface area contributed by atoms with E-state index in [0.29, 0.717) is 18.8 Å². The van der Waals surface area contributed by atoms with Gasteiger partial charge in [-0.3, -0.25) is 14.0 Å². The van der Waals surface area contributed by atoms with Gasteiger partial charge < -0.3 is 15.3 Å². The third-order valence-electron chi connectivity index (χ3n) is 5.39.